The van der Waals surface area contributed by atoms with Crippen molar-refractivity contribution < 1.29 is 4.79 Å². The molecular formula is C10H13ClN2OS2. The summed E-state index contributed by atoms with van der Waals surface area (Å²) >= 11 is 11.9. The maximum absolute atomic E-state index is 12.0. The summed E-state index contributed by atoms with van der Waals surface area (Å²) in [7, 11) is 0. The predicted molar refractivity (Wildman–Crippen MR) is 72.3 cm³/mol. The molecule has 6 heteroatoms. The predicted octanol–water partition coefficient (Wildman–Crippen LogP) is 2.54. The number of nitrogens with two attached hydrogens (primary N) is 1. The Morgan fingerprint density at radius 2 is 2.31 bits per heavy atom. The Balaban J connectivity index is 2.66. The molecule has 0 unspecified atom stereocenters. The van der Waals surface area contributed by atoms with Gasteiger partial charge in [0.15, 0.2) is 0 Å². The highest BCUT2D eigenvalue weighted by Gasteiger charge is 2.15. The SMILES string of the molecule is CCN(CCC(N)=S)C(=O)c1ccc(Cl)s1. The molecule has 0 saturated carbocycles. The second kappa shape index (κ2) is 6.18. The number of carbonyl (C=O) groups is 1. The summed E-state index contributed by atoms with van der Waals surface area (Å²) in [6.07, 6.45) is 0.550. The van der Waals surface area contributed by atoms with Crippen molar-refractivity contribution in [2.24, 2.45) is 5.73 Å². The molecule has 16 heavy (non-hydrogen) atoms. The molecule has 1 rings (SSSR count). The quantitative estimate of drug-likeness (QED) is 0.841. The fourth-order valence-corrected chi connectivity index (χ4v) is 2.34. The Bertz CT molecular complexity index is 392. The molecular weight excluding hydrogens is 264 g/mol. The summed E-state index contributed by atoms with van der Waals surface area (Å²) in [4.78, 5) is 14.8. The Morgan fingerprint density at radius 3 is 2.75 bits per heavy atom. The smallest absolute Gasteiger partial charge is 0.263 e. The number of hydrogen-bond acceptors (Lipinski definition) is 3. The van der Waals surface area contributed by atoms with Crippen molar-refractivity contribution in [1.82, 2.24) is 4.90 Å². The Labute approximate surface area is 109 Å². The van der Waals surface area contributed by atoms with E-state index in [4.69, 9.17) is 29.6 Å². The second-order valence-electron chi connectivity index (χ2n) is 3.20. The van der Waals surface area contributed by atoms with Gasteiger partial charge in [-0.2, -0.15) is 0 Å². The third-order valence-corrected chi connectivity index (χ3v) is 3.50. The van der Waals surface area contributed by atoms with Crippen LogP contribution in [0.2, 0.25) is 4.34 Å². The Kier molecular flexibility index (Phi) is 5.18. The zero-order chi connectivity index (χ0) is 12.1. The van der Waals surface area contributed by atoms with Gasteiger partial charge in [-0.15, -0.1) is 11.3 Å². The lowest BCUT2D eigenvalue weighted by molar-refractivity contribution is 0.0774. The van der Waals surface area contributed by atoms with Crippen LogP contribution in [0.25, 0.3) is 0 Å². The molecule has 1 aromatic heterocycles. The summed E-state index contributed by atoms with van der Waals surface area (Å²) in [6.45, 7) is 3.11. The molecule has 0 bridgehead atoms. The van der Waals surface area contributed by atoms with Gasteiger partial charge in [-0.05, 0) is 19.1 Å². The van der Waals surface area contributed by atoms with Crippen LogP contribution in [0.15, 0.2) is 12.1 Å². The van der Waals surface area contributed by atoms with E-state index in [-0.39, 0.29) is 5.91 Å². The van der Waals surface area contributed by atoms with Crippen LogP contribution in [0.4, 0.5) is 0 Å². The molecule has 2 N–H and O–H groups in total. The first-order valence-corrected chi connectivity index (χ1v) is 6.47. The van der Waals surface area contributed by atoms with Crippen LogP contribution < -0.4 is 5.73 Å². The maximum atomic E-state index is 12.0. The van der Waals surface area contributed by atoms with Crippen LogP contribution in [-0.2, 0) is 0 Å². The Morgan fingerprint density at radius 1 is 1.62 bits per heavy atom. The van der Waals surface area contributed by atoms with E-state index in [9.17, 15) is 4.79 Å². The minimum absolute atomic E-state index is 0.0179. The Hall–Kier alpha value is -0.650. The molecule has 1 amide bonds. The monoisotopic (exact) mass is 276 g/mol. The lowest BCUT2D eigenvalue weighted by Crippen LogP contribution is -2.33. The molecule has 0 aliphatic carbocycles. The highest BCUT2D eigenvalue weighted by atomic mass is 35.5. The fourth-order valence-electron chi connectivity index (χ4n) is 1.23. The van der Waals surface area contributed by atoms with Crippen molar-refractivity contribution >= 4 is 46.1 Å². The molecule has 0 atom stereocenters. The molecule has 0 radical (unpaired) electrons. The summed E-state index contributed by atoms with van der Waals surface area (Å²) in [5.41, 5.74) is 5.41. The first-order chi connectivity index (χ1) is 7.54. The number of amides is 1. The number of thiophene rings is 1. The van der Waals surface area contributed by atoms with Gasteiger partial charge in [0, 0.05) is 19.5 Å². The molecule has 1 aromatic rings. The molecule has 88 valence electrons. The number of hydrogen-bond donors (Lipinski definition) is 1. The number of carbonyl (C=O) groups excluding carboxylic acids is 1. The van der Waals surface area contributed by atoms with Gasteiger partial charge in [0.2, 0.25) is 0 Å². The zero-order valence-electron chi connectivity index (χ0n) is 8.90. The standard InChI is InChI=1S/C10H13ClN2OS2/c1-2-13(6-5-9(12)15)10(14)7-3-4-8(11)16-7/h3-4H,2,5-6H2,1H3,(H2,12,15). The van der Waals surface area contributed by atoms with Crippen molar-refractivity contribution in [2.75, 3.05) is 13.1 Å². The second-order valence-corrected chi connectivity index (χ2v) is 5.44. The molecule has 0 spiro atoms. The first kappa shape index (κ1) is 13.4. The van der Waals surface area contributed by atoms with Gasteiger partial charge in [-0.1, -0.05) is 23.8 Å². The summed E-state index contributed by atoms with van der Waals surface area (Å²) in [5.74, 6) is -0.0179. The number of rotatable bonds is 5. The highest BCUT2D eigenvalue weighted by Crippen LogP contribution is 2.22. The highest BCUT2D eigenvalue weighted by molar-refractivity contribution is 7.80. The van der Waals surface area contributed by atoms with E-state index in [0.29, 0.717) is 33.7 Å². The van der Waals surface area contributed by atoms with Crippen LogP contribution in [-0.4, -0.2) is 28.9 Å². The van der Waals surface area contributed by atoms with Crippen LogP contribution in [0.5, 0.6) is 0 Å². The average Bonchev–Trinajstić information content (AvgIpc) is 2.65. The molecule has 0 aromatic carbocycles. The van der Waals surface area contributed by atoms with Gasteiger partial charge in [-0.3, -0.25) is 4.79 Å². The van der Waals surface area contributed by atoms with Crippen molar-refractivity contribution in [2.45, 2.75) is 13.3 Å². The van der Waals surface area contributed by atoms with Crippen molar-refractivity contribution in [3.05, 3.63) is 21.3 Å². The van der Waals surface area contributed by atoms with E-state index in [1.165, 1.54) is 11.3 Å². The zero-order valence-corrected chi connectivity index (χ0v) is 11.3. The number of halogens is 1. The first-order valence-electron chi connectivity index (χ1n) is 4.87. The van der Waals surface area contributed by atoms with E-state index in [1.54, 1.807) is 17.0 Å². The third-order valence-electron chi connectivity index (χ3n) is 2.08. The number of thiocarbonyl (C=S) groups is 1. The molecule has 0 aliphatic heterocycles. The van der Waals surface area contributed by atoms with Gasteiger partial charge in [0.25, 0.3) is 5.91 Å². The van der Waals surface area contributed by atoms with Crippen molar-refractivity contribution in [3.63, 3.8) is 0 Å². The van der Waals surface area contributed by atoms with E-state index in [2.05, 4.69) is 0 Å². The summed E-state index contributed by atoms with van der Waals surface area (Å²) in [5, 5.41) is 0. The normalized spacial score (nSPS) is 10.1. The summed E-state index contributed by atoms with van der Waals surface area (Å²) < 4.78 is 0.619. The van der Waals surface area contributed by atoms with Gasteiger partial charge in [-0.25, -0.2) is 0 Å². The van der Waals surface area contributed by atoms with E-state index in [1.807, 2.05) is 6.92 Å². The largest absolute Gasteiger partial charge is 0.393 e. The molecule has 0 aliphatic rings. The van der Waals surface area contributed by atoms with E-state index < -0.39 is 0 Å². The summed E-state index contributed by atoms with van der Waals surface area (Å²) in [6, 6.07) is 3.46. The molecule has 1 heterocycles. The average molecular weight is 277 g/mol. The van der Waals surface area contributed by atoms with Gasteiger partial charge < -0.3 is 10.6 Å². The van der Waals surface area contributed by atoms with E-state index >= 15 is 0 Å². The van der Waals surface area contributed by atoms with Crippen LogP contribution in [0, 0.1) is 0 Å². The number of nitrogens with zero attached hydrogens (tertiary/aromatic N) is 1. The van der Waals surface area contributed by atoms with Gasteiger partial charge in [0.1, 0.15) is 0 Å². The third kappa shape index (κ3) is 3.73. The lowest BCUT2D eigenvalue weighted by Gasteiger charge is -2.19. The minimum atomic E-state index is -0.0179. The van der Waals surface area contributed by atoms with Gasteiger partial charge >= 0.3 is 0 Å². The van der Waals surface area contributed by atoms with Crippen molar-refractivity contribution in [1.29, 1.82) is 0 Å². The lowest BCUT2D eigenvalue weighted by atomic mass is 10.3. The van der Waals surface area contributed by atoms with E-state index in [0.717, 1.165) is 0 Å². The topological polar surface area (TPSA) is 46.3 Å². The van der Waals surface area contributed by atoms with Crippen LogP contribution in [0.1, 0.15) is 23.0 Å². The van der Waals surface area contributed by atoms with Crippen LogP contribution in [0.3, 0.4) is 0 Å². The minimum Gasteiger partial charge on any atom is -0.393 e. The molecule has 3 nitrogen and oxygen atoms in total. The van der Waals surface area contributed by atoms with Gasteiger partial charge in [0.05, 0.1) is 14.2 Å². The molecule has 0 saturated heterocycles. The molecule has 0 fully saturated rings. The fraction of sp³-hybridized carbons (Fsp3) is 0.400. The van der Waals surface area contributed by atoms with Crippen LogP contribution >= 0.6 is 35.2 Å². The van der Waals surface area contributed by atoms with Crippen molar-refractivity contribution in [3.8, 4) is 0 Å². The maximum Gasteiger partial charge on any atom is 0.263 e.